The second-order valence-electron chi connectivity index (χ2n) is 6.62. The van der Waals surface area contributed by atoms with E-state index in [4.69, 9.17) is 4.74 Å². The fourth-order valence-corrected chi connectivity index (χ4v) is 3.75. The van der Waals surface area contributed by atoms with Crippen molar-refractivity contribution < 1.29 is 4.74 Å². The molecule has 0 radical (unpaired) electrons. The summed E-state index contributed by atoms with van der Waals surface area (Å²) in [4.78, 5) is 0. The Labute approximate surface area is 119 Å². The first-order valence-corrected chi connectivity index (χ1v) is 8.73. The standard InChI is InChI=1S/C17H33NO/c1-2-11-18-16(13-15-8-4-3-5-9-15)14-17-10-6-7-12-19-17/h15-18H,2-14H2,1H3. The van der Waals surface area contributed by atoms with Crippen molar-refractivity contribution in [1.82, 2.24) is 5.32 Å². The van der Waals surface area contributed by atoms with Crippen LogP contribution in [-0.2, 0) is 4.74 Å². The normalized spacial score (nSPS) is 27.3. The maximum atomic E-state index is 5.94. The van der Waals surface area contributed by atoms with E-state index in [0.29, 0.717) is 12.1 Å². The number of hydrogen-bond donors (Lipinski definition) is 1. The summed E-state index contributed by atoms with van der Waals surface area (Å²) in [7, 11) is 0. The number of ether oxygens (including phenoxy) is 1. The van der Waals surface area contributed by atoms with Gasteiger partial charge >= 0.3 is 0 Å². The van der Waals surface area contributed by atoms with Crippen molar-refractivity contribution >= 4 is 0 Å². The van der Waals surface area contributed by atoms with E-state index in [1.807, 2.05) is 0 Å². The molecule has 2 atom stereocenters. The van der Waals surface area contributed by atoms with Crippen molar-refractivity contribution in [3.63, 3.8) is 0 Å². The largest absolute Gasteiger partial charge is 0.378 e. The molecule has 19 heavy (non-hydrogen) atoms. The van der Waals surface area contributed by atoms with Crippen LogP contribution in [0.2, 0.25) is 0 Å². The molecular weight excluding hydrogens is 234 g/mol. The summed E-state index contributed by atoms with van der Waals surface area (Å²) in [5.41, 5.74) is 0. The molecule has 1 heterocycles. The molecule has 1 N–H and O–H groups in total. The van der Waals surface area contributed by atoms with E-state index < -0.39 is 0 Å². The second kappa shape index (κ2) is 8.97. The van der Waals surface area contributed by atoms with E-state index in [9.17, 15) is 0 Å². The van der Waals surface area contributed by atoms with E-state index in [-0.39, 0.29) is 0 Å². The average molecular weight is 267 g/mol. The summed E-state index contributed by atoms with van der Waals surface area (Å²) >= 11 is 0. The molecular formula is C17H33NO. The van der Waals surface area contributed by atoms with Gasteiger partial charge in [0.25, 0.3) is 0 Å². The van der Waals surface area contributed by atoms with Crippen LogP contribution in [0.25, 0.3) is 0 Å². The number of nitrogens with one attached hydrogen (secondary N) is 1. The summed E-state index contributed by atoms with van der Waals surface area (Å²) in [6, 6.07) is 0.700. The lowest BCUT2D eigenvalue weighted by molar-refractivity contribution is 0.00336. The van der Waals surface area contributed by atoms with Crippen molar-refractivity contribution in [2.45, 2.75) is 89.7 Å². The molecule has 112 valence electrons. The van der Waals surface area contributed by atoms with Crippen molar-refractivity contribution in [1.29, 1.82) is 0 Å². The van der Waals surface area contributed by atoms with Crippen molar-refractivity contribution in [3.05, 3.63) is 0 Å². The monoisotopic (exact) mass is 267 g/mol. The van der Waals surface area contributed by atoms with Gasteiger partial charge in [0.05, 0.1) is 6.10 Å². The highest BCUT2D eigenvalue weighted by atomic mass is 16.5. The van der Waals surface area contributed by atoms with Crippen LogP contribution in [0.3, 0.4) is 0 Å². The van der Waals surface area contributed by atoms with E-state index in [0.717, 1.165) is 12.5 Å². The summed E-state index contributed by atoms with van der Waals surface area (Å²) in [5.74, 6) is 0.978. The maximum Gasteiger partial charge on any atom is 0.0590 e. The molecule has 0 aromatic carbocycles. The van der Waals surface area contributed by atoms with Crippen LogP contribution in [0.1, 0.15) is 77.6 Å². The zero-order valence-electron chi connectivity index (χ0n) is 12.8. The third-order valence-electron chi connectivity index (χ3n) is 4.85. The van der Waals surface area contributed by atoms with Crippen LogP contribution in [0.4, 0.5) is 0 Å². The van der Waals surface area contributed by atoms with E-state index in [1.165, 1.54) is 77.2 Å². The molecule has 0 amide bonds. The van der Waals surface area contributed by atoms with Gasteiger partial charge in [-0.05, 0) is 51.0 Å². The fourth-order valence-electron chi connectivity index (χ4n) is 3.75. The summed E-state index contributed by atoms with van der Waals surface area (Å²) in [6.07, 6.45) is 15.7. The molecule has 2 aliphatic rings. The van der Waals surface area contributed by atoms with Crippen LogP contribution in [0.5, 0.6) is 0 Å². The number of hydrogen-bond acceptors (Lipinski definition) is 2. The third-order valence-corrected chi connectivity index (χ3v) is 4.85. The van der Waals surface area contributed by atoms with Gasteiger partial charge in [0.1, 0.15) is 0 Å². The maximum absolute atomic E-state index is 5.94. The molecule has 2 rings (SSSR count). The van der Waals surface area contributed by atoms with Crippen molar-refractivity contribution in [2.24, 2.45) is 5.92 Å². The van der Waals surface area contributed by atoms with Gasteiger partial charge in [-0.15, -0.1) is 0 Å². The zero-order valence-corrected chi connectivity index (χ0v) is 12.8. The molecule has 2 heteroatoms. The molecule has 0 spiro atoms. The van der Waals surface area contributed by atoms with Crippen molar-refractivity contribution in [3.8, 4) is 0 Å². The van der Waals surface area contributed by atoms with Gasteiger partial charge in [0.2, 0.25) is 0 Å². The minimum absolute atomic E-state index is 0.534. The Morgan fingerprint density at radius 2 is 1.79 bits per heavy atom. The van der Waals surface area contributed by atoms with Gasteiger partial charge in [-0.3, -0.25) is 0 Å². The molecule has 1 saturated heterocycles. The highest BCUT2D eigenvalue weighted by Crippen LogP contribution is 2.29. The van der Waals surface area contributed by atoms with E-state index in [1.54, 1.807) is 0 Å². The smallest absolute Gasteiger partial charge is 0.0590 e. The minimum Gasteiger partial charge on any atom is -0.378 e. The molecule has 0 bridgehead atoms. The van der Waals surface area contributed by atoms with Crippen LogP contribution >= 0.6 is 0 Å². The Morgan fingerprint density at radius 3 is 2.47 bits per heavy atom. The van der Waals surface area contributed by atoms with Crippen LogP contribution < -0.4 is 5.32 Å². The van der Waals surface area contributed by atoms with Gasteiger partial charge in [-0.1, -0.05) is 39.0 Å². The van der Waals surface area contributed by atoms with Crippen LogP contribution in [-0.4, -0.2) is 25.3 Å². The zero-order chi connectivity index (χ0) is 13.3. The SMILES string of the molecule is CCCNC(CC1CCCCC1)CC1CCCCO1. The first kappa shape index (κ1) is 15.3. The predicted octanol–water partition coefficient (Wildman–Crippen LogP) is 4.28. The topological polar surface area (TPSA) is 21.3 Å². The van der Waals surface area contributed by atoms with Gasteiger partial charge < -0.3 is 10.1 Å². The fraction of sp³-hybridized carbons (Fsp3) is 1.00. The molecule has 0 aromatic heterocycles. The van der Waals surface area contributed by atoms with Gasteiger partial charge in [-0.25, -0.2) is 0 Å². The quantitative estimate of drug-likeness (QED) is 0.743. The summed E-state index contributed by atoms with van der Waals surface area (Å²) in [5, 5.41) is 3.78. The molecule has 0 aromatic rings. The summed E-state index contributed by atoms with van der Waals surface area (Å²) in [6.45, 7) is 4.43. The lowest BCUT2D eigenvalue weighted by Crippen LogP contribution is -2.37. The Balaban J connectivity index is 1.75. The van der Waals surface area contributed by atoms with Crippen LogP contribution in [0, 0.1) is 5.92 Å². The Kier molecular flexibility index (Phi) is 7.23. The predicted molar refractivity (Wildman–Crippen MR) is 81.5 cm³/mol. The van der Waals surface area contributed by atoms with Crippen LogP contribution in [0.15, 0.2) is 0 Å². The van der Waals surface area contributed by atoms with Crippen molar-refractivity contribution in [2.75, 3.05) is 13.2 Å². The number of rotatable bonds is 7. The lowest BCUT2D eigenvalue weighted by Gasteiger charge is -2.31. The summed E-state index contributed by atoms with van der Waals surface area (Å²) < 4.78 is 5.94. The Morgan fingerprint density at radius 1 is 1.00 bits per heavy atom. The first-order chi connectivity index (χ1) is 9.38. The first-order valence-electron chi connectivity index (χ1n) is 8.73. The second-order valence-corrected chi connectivity index (χ2v) is 6.62. The molecule has 1 aliphatic heterocycles. The molecule has 2 fully saturated rings. The van der Waals surface area contributed by atoms with E-state index >= 15 is 0 Å². The molecule has 2 nitrogen and oxygen atoms in total. The molecule has 1 aliphatic carbocycles. The van der Waals surface area contributed by atoms with Gasteiger partial charge in [0, 0.05) is 12.6 Å². The Hall–Kier alpha value is -0.0800. The van der Waals surface area contributed by atoms with E-state index in [2.05, 4.69) is 12.2 Å². The average Bonchev–Trinajstić information content (AvgIpc) is 2.47. The molecule has 2 unspecified atom stereocenters. The lowest BCUT2D eigenvalue weighted by atomic mass is 9.83. The minimum atomic E-state index is 0.534. The third kappa shape index (κ3) is 5.83. The highest BCUT2D eigenvalue weighted by Gasteiger charge is 2.23. The highest BCUT2D eigenvalue weighted by molar-refractivity contribution is 4.78. The van der Waals surface area contributed by atoms with Gasteiger partial charge in [-0.2, -0.15) is 0 Å². The molecule has 1 saturated carbocycles. The van der Waals surface area contributed by atoms with Gasteiger partial charge in [0.15, 0.2) is 0 Å². The Bertz CT molecular complexity index is 199.